The van der Waals surface area contributed by atoms with Gasteiger partial charge in [0.05, 0.1) is 5.52 Å². The van der Waals surface area contributed by atoms with E-state index in [1.54, 1.807) is 0 Å². The number of aromatic amines is 1. The lowest BCUT2D eigenvalue weighted by atomic mass is 10.0. The maximum absolute atomic E-state index is 12.5. The summed E-state index contributed by atoms with van der Waals surface area (Å²) in [6, 6.07) is 6.23. The van der Waals surface area contributed by atoms with Gasteiger partial charge in [-0.2, -0.15) is 0 Å². The molecule has 27 heavy (non-hydrogen) atoms. The second kappa shape index (κ2) is 8.26. The van der Waals surface area contributed by atoms with Crippen LogP contribution in [0.1, 0.15) is 43.4 Å². The number of hydrogen-bond donors (Lipinski definition) is 1. The van der Waals surface area contributed by atoms with Crippen molar-refractivity contribution in [1.29, 1.82) is 0 Å². The average Bonchev–Trinajstić information content (AvgIpc) is 2.64. The lowest BCUT2D eigenvalue weighted by Gasteiger charge is -2.36. The number of pyridine rings is 1. The fraction of sp³-hybridized carbons (Fsp3) is 0.545. The van der Waals surface area contributed by atoms with Crippen molar-refractivity contribution in [2.24, 2.45) is 5.92 Å². The molecule has 0 saturated carbocycles. The highest BCUT2D eigenvalue weighted by molar-refractivity contribution is 5.82. The van der Waals surface area contributed by atoms with Crippen molar-refractivity contribution in [3.05, 3.63) is 45.2 Å². The van der Waals surface area contributed by atoms with E-state index < -0.39 is 0 Å². The average molecular weight is 370 g/mol. The van der Waals surface area contributed by atoms with Crippen molar-refractivity contribution < 1.29 is 4.79 Å². The molecule has 1 saturated heterocycles. The highest BCUT2D eigenvalue weighted by Gasteiger charge is 2.25. The minimum absolute atomic E-state index is 0.00927. The molecule has 1 aliphatic rings. The number of benzene rings is 1. The van der Waals surface area contributed by atoms with Crippen LogP contribution in [0.25, 0.3) is 10.9 Å². The Labute approximate surface area is 161 Å². The van der Waals surface area contributed by atoms with Gasteiger partial charge in [0.1, 0.15) is 0 Å². The predicted molar refractivity (Wildman–Crippen MR) is 110 cm³/mol. The van der Waals surface area contributed by atoms with Crippen molar-refractivity contribution in [2.45, 2.75) is 47.1 Å². The van der Waals surface area contributed by atoms with Crippen molar-refractivity contribution in [2.75, 3.05) is 26.2 Å². The van der Waals surface area contributed by atoms with Gasteiger partial charge in [-0.3, -0.25) is 14.5 Å². The van der Waals surface area contributed by atoms with Crippen LogP contribution in [0.15, 0.2) is 23.0 Å². The Bertz CT molecular complexity index is 875. The lowest BCUT2D eigenvalue weighted by molar-refractivity contribution is -0.137. The summed E-state index contributed by atoms with van der Waals surface area (Å²) in [5.41, 5.74) is 4.01. The molecule has 0 atom stereocenters. The molecule has 1 aliphatic heterocycles. The molecule has 5 nitrogen and oxygen atoms in total. The van der Waals surface area contributed by atoms with E-state index >= 15 is 0 Å². The first-order valence-corrected chi connectivity index (χ1v) is 10.1. The summed E-state index contributed by atoms with van der Waals surface area (Å²) in [6.07, 6.45) is 1.81. The van der Waals surface area contributed by atoms with Gasteiger partial charge in [0.25, 0.3) is 5.56 Å². The Balaban J connectivity index is 1.69. The number of nitrogens with zero attached hydrogens (tertiary/aromatic N) is 2. The van der Waals surface area contributed by atoms with Gasteiger partial charge in [0.15, 0.2) is 0 Å². The topological polar surface area (TPSA) is 56.4 Å². The van der Waals surface area contributed by atoms with E-state index in [1.807, 2.05) is 17.9 Å². The van der Waals surface area contributed by atoms with Gasteiger partial charge in [-0.1, -0.05) is 25.5 Å². The van der Waals surface area contributed by atoms with Crippen LogP contribution < -0.4 is 5.56 Å². The number of aromatic nitrogens is 1. The van der Waals surface area contributed by atoms with Gasteiger partial charge in [-0.15, -0.1) is 0 Å². The van der Waals surface area contributed by atoms with Gasteiger partial charge in [0, 0.05) is 44.2 Å². The van der Waals surface area contributed by atoms with Crippen LogP contribution in [0.3, 0.4) is 0 Å². The molecule has 0 aliphatic carbocycles. The van der Waals surface area contributed by atoms with Crippen LogP contribution in [0.2, 0.25) is 0 Å². The summed E-state index contributed by atoms with van der Waals surface area (Å²) in [6.45, 7) is 12.0. The number of piperazine rings is 1. The molecule has 2 aromatic rings. The number of H-pyrrole nitrogens is 1. The number of amides is 1. The maximum Gasteiger partial charge on any atom is 0.252 e. The minimum atomic E-state index is -0.00927. The molecule has 3 rings (SSSR count). The standard InChI is InChI=1S/C22H31N3O2/c1-5-17(6-2)22(27)25-9-7-24(8-10-25)14-19-13-18-12-15(3)11-16(4)20(18)23-21(19)26/h11-13,17H,5-10,14H2,1-4H3,(H,23,26). The molecule has 0 unspecified atom stereocenters. The number of fused-ring (bicyclic) bond motifs is 1. The smallest absolute Gasteiger partial charge is 0.252 e. The summed E-state index contributed by atoms with van der Waals surface area (Å²) in [7, 11) is 0. The van der Waals surface area contributed by atoms with Gasteiger partial charge in [-0.25, -0.2) is 0 Å². The quantitative estimate of drug-likeness (QED) is 0.880. The largest absolute Gasteiger partial charge is 0.340 e. The minimum Gasteiger partial charge on any atom is -0.340 e. The SMILES string of the molecule is CCC(CC)C(=O)N1CCN(Cc2cc3cc(C)cc(C)c3[nH]c2=O)CC1. The number of aryl methyl sites for hydroxylation is 2. The molecular formula is C22H31N3O2. The van der Waals surface area contributed by atoms with Crippen molar-refractivity contribution in [3.8, 4) is 0 Å². The highest BCUT2D eigenvalue weighted by atomic mass is 16.2. The van der Waals surface area contributed by atoms with Crippen LogP contribution in [0.4, 0.5) is 0 Å². The number of hydrogen-bond acceptors (Lipinski definition) is 3. The number of carbonyl (C=O) groups excluding carboxylic acids is 1. The predicted octanol–water partition coefficient (Wildman–Crippen LogP) is 3.23. The molecule has 2 heterocycles. The van der Waals surface area contributed by atoms with E-state index in [4.69, 9.17) is 0 Å². The number of carbonyl (C=O) groups is 1. The van der Waals surface area contributed by atoms with Crippen LogP contribution in [0.5, 0.6) is 0 Å². The van der Waals surface area contributed by atoms with E-state index in [-0.39, 0.29) is 17.4 Å². The molecule has 146 valence electrons. The third kappa shape index (κ3) is 4.24. The molecule has 0 radical (unpaired) electrons. The summed E-state index contributed by atoms with van der Waals surface area (Å²) in [5, 5.41) is 1.09. The Morgan fingerprint density at radius 1 is 1.07 bits per heavy atom. The number of rotatable bonds is 5. The monoisotopic (exact) mass is 369 g/mol. The number of nitrogens with one attached hydrogen (secondary N) is 1. The molecule has 0 spiro atoms. The first-order valence-electron chi connectivity index (χ1n) is 10.1. The fourth-order valence-corrected chi connectivity index (χ4v) is 4.11. The first-order chi connectivity index (χ1) is 12.9. The molecule has 1 aromatic heterocycles. The van der Waals surface area contributed by atoms with E-state index in [0.29, 0.717) is 6.54 Å². The maximum atomic E-state index is 12.5. The molecule has 1 aromatic carbocycles. The highest BCUT2D eigenvalue weighted by Crippen LogP contribution is 2.19. The normalized spacial score (nSPS) is 15.7. The van der Waals surface area contributed by atoms with E-state index in [1.165, 1.54) is 5.56 Å². The summed E-state index contributed by atoms with van der Waals surface area (Å²) < 4.78 is 0. The van der Waals surface area contributed by atoms with Crippen LogP contribution in [0, 0.1) is 19.8 Å². The summed E-state index contributed by atoms with van der Waals surface area (Å²) >= 11 is 0. The first kappa shape index (κ1) is 19.6. The molecule has 5 heteroatoms. The van der Waals surface area contributed by atoms with E-state index in [2.05, 4.69) is 42.8 Å². The Hall–Kier alpha value is -2.14. The fourth-order valence-electron chi connectivity index (χ4n) is 4.11. The van der Waals surface area contributed by atoms with Gasteiger partial charge in [-0.05, 0) is 49.8 Å². The van der Waals surface area contributed by atoms with Crippen LogP contribution in [-0.2, 0) is 11.3 Å². The molecule has 1 N–H and O–H groups in total. The molecule has 0 bridgehead atoms. The summed E-state index contributed by atoms with van der Waals surface area (Å²) in [5.74, 6) is 0.431. The third-order valence-corrected chi connectivity index (χ3v) is 5.78. The van der Waals surface area contributed by atoms with Gasteiger partial charge < -0.3 is 9.88 Å². The second-order valence-corrected chi connectivity index (χ2v) is 7.78. The van der Waals surface area contributed by atoms with Crippen molar-refractivity contribution >= 4 is 16.8 Å². The summed E-state index contributed by atoms with van der Waals surface area (Å²) in [4.78, 5) is 32.4. The zero-order valence-electron chi connectivity index (χ0n) is 17.0. The lowest BCUT2D eigenvalue weighted by Crippen LogP contribution is -2.50. The zero-order valence-corrected chi connectivity index (χ0v) is 17.0. The Kier molecular flexibility index (Phi) is 6.00. The van der Waals surface area contributed by atoms with E-state index in [9.17, 15) is 9.59 Å². The van der Waals surface area contributed by atoms with Gasteiger partial charge >= 0.3 is 0 Å². The van der Waals surface area contributed by atoms with Crippen LogP contribution >= 0.6 is 0 Å². The van der Waals surface area contributed by atoms with E-state index in [0.717, 1.165) is 61.1 Å². The van der Waals surface area contributed by atoms with Gasteiger partial charge in [0.2, 0.25) is 5.91 Å². The Morgan fingerprint density at radius 2 is 1.74 bits per heavy atom. The second-order valence-electron chi connectivity index (χ2n) is 7.78. The molecular weight excluding hydrogens is 338 g/mol. The van der Waals surface area contributed by atoms with Crippen molar-refractivity contribution in [3.63, 3.8) is 0 Å². The molecule has 1 fully saturated rings. The zero-order chi connectivity index (χ0) is 19.6. The van der Waals surface area contributed by atoms with Crippen molar-refractivity contribution in [1.82, 2.24) is 14.8 Å². The molecule has 1 amide bonds. The third-order valence-electron chi connectivity index (χ3n) is 5.78. The van der Waals surface area contributed by atoms with Crippen LogP contribution in [-0.4, -0.2) is 46.9 Å². The Morgan fingerprint density at radius 3 is 2.37 bits per heavy atom.